The van der Waals surface area contributed by atoms with Crippen LogP contribution in [-0.2, 0) is 6.54 Å². The van der Waals surface area contributed by atoms with Crippen molar-refractivity contribution in [3.63, 3.8) is 0 Å². The third-order valence-corrected chi connectivity index (χ3v) is 2.94. The summed E-state index contributed by atoms with van der Waals surface area (Å²) in [6, 6.07) is 5.87. The average molecular weight is 329 g/mol. The number of nitrogens with zero attached hydrogens (tertiary/aromatic N) is 1. The fraction of sp³-hybridized carbons (Fsp3) is 0.154. The van der Waals surface area contributed by atoms with Crippen molar-refractivity contribution in [3.05, 3.63) is 52.1 Å². The summed E-state index contributed by atoms with van der Waals surface area (Å²) in [5.74, 6) is -0.800. The number of aromatic nitrogens is 1. The molecule has 0 spiro atoms. The fourth-order valence-corrected chi connectivity index (χ4v) is 1.94. The maximum atomic E-state index is 13.6. The van der Waals surface area contributed by atoms with Crippen LogP contribution < -0.4 is 10.1 Å². The molecule has 3 nitrogen and oxygen atoms in total. The molecule has 2 rings (SSSR count). The molecule has 1 aromatic carbocycles. The Kier molecular flexibility index (Phi) is 4.31. The number of pyridine rings is 1. The van der Waals surface area contributed by atoms with E-state index in [1.54, 1.807) is 18.3 Å². The van der Waals surface area contributed by atoms with Crippen molar-refractivity contribution in [1.29, 1.82) is 0 Å². The highest BCUT2D eigenvalue weighted by Gasteiger charge is 2.10. The zero-order valence-electron chi connectivity index (χ0n) is 10.1. The Morgan fingerprint density at radius 3 is 2.47 bits per heavy atom. The lowest BCUT2D eigenvalue weighted by molar-refractivity contribution is 0.397. The highest BCUT2D eigenvalue weighted by molar-refractivity contribution is 9.10. The lowest BCUT2D eigenvalue weighted by atomic mass is 10.2. The van der Waals surface area contributed by atoms with Crippen LogP contribution in [0.2, 0.25) is 0 Å². The third-order valence-electron chi connectivity index (χ3n) is 2.48. The smallest absolute Gasteiger partial charge is 0.212 e. The zero-order valence-corrected chi connectivity index (χ0v) is 11.7. The number of hydrogen-bond donors (Lipinski definition) is 1. The number of nitrogens with one attached hydrogen (secondary N) is 1. The number of rotatable bonds is 4. The average Bonchev–Trinajstić information content (AvgIpc) is 2.38. The third kappa shape index (κ3) is 3.41. The van der Waals surface area contributed by atoms with Crippen molar-refractivity contribution < 1.29 is 13.5 Å². The van der Waals surface area contributed by atoms with E-state index in [0.29, 0.717) is 10.4 Å². The van der Waals surface area contributed by atoms with Gasteiger partial charge in [0.2, 0.25) is 5.88 Å². The largest absolute Gasteiger partial charge is 0.481 e. The first kappa shape index (κ1) is 13.7. The van der Waals surface area contributed by atoms with Crippen LogP contribution in [0.4, 0.5) is 14.5 Å². The monoisotopic (exact) mass is 328 g/mol. The molecule has 0 radical (unpaired) electrons. The van der Waals surface area contributed by atoms with E-state index in [1.807, 2.05) is 0 Å². The molecular weight excluding hydrogens is 318 g/mol. The maximum absolute atomic E-state index is 13.6. The standard InChI is InChI=1S/C13H11BrF2N2O/c1-19-12-3-2-8(6-17-12)7-18-13-10(15)4-9(14)5-11(13)16/h2-6,18H,7H2,1H3. The van der Waals surface area contributed by atoms with Gasteiger partial charge in [0, 0.05) is 23.3 Å². The second-order valence-electron chi connectivity index (χ2n) is 3.81. The number of benzene rings is 1. The second kappa shape index (κ2) is 5.97. The van der Waals surface area contributed by atoms with Crippen molar-refractivity contribution >= 4 is 21.6 Å². The molecule has 2 aromatic rings. The van der Waals surface area contributed by atoms with Crippen LogP contribution in [0.3, 0.4) is 0 Å². The Labute approximate surface area is 117 Å². The van der Waals surface area contributed by atoms with Gasteiger partial charge >= 0.3 is 0 Å². The minimum atomic E-state index is -0.645. The summed E-state index contributed by atoms with van der Waals surface area (Å²) in [6.45, 7) is 0.270. The van der Waals surface area contributed by atoms with Crippen LogP contribution in [0.5, 0.6) is 5.88 Å². The van der Waals surface area contributed by atoms with E-state index in [0.717, 1.165) is 5.56 Å². The number of ether oxygens (including phenoxy) is 1. The molecule has 0 amide bonds. The number of methoxy groups -OCH3 is 1. The Morgan fingerprint density at radius 2 is 1.95 bits per heavy atom. The second-order valence-corrected chi connectivity index (χ2v) is 4.72. The first-order valence-corrected chi connectivity index (χ1v) is 6.27. The quantitative estimate of drug-likeness (QED) is 0.928. The molecule has 1 N–H and O–H groups in total. The van der Waals surface area contributed by atoms with Gasteiger partial charge < -0.3 is 10.1 Å². The van der Waals surface area contributed by atoms with Gasteiger partial charge in [-0.3, -0.25) is 0 Å². The van der Waals surface area contributed by atoms with Gasteiger partial charge in [0.05, 0.1) is 7.11 Å². The zero-order chi connectivity index (χ0) is 13.8. The van der Waals surface area contributed by atoms with E-state index >= 15 is 0 Å². The Bertz CT molecular complexity index is 552. The molecule has 0 saturated carbocycles. The van der Waals surface area contributed by atoms with Gasteiger partial charge in [-0.25, -0.2) is 13.8 Å². The molecule has 6 heteroatoms. The molecule has 1 heterocycles. The van der Waals surface area contributed by atoms with Crippen molar-refractivity contribution in [2.24, 2.45) is 0 Å². The molecule has 0 bridgehead atoms. The number of hydrogen-bond acceptors (Lipinski definition) is 3. The minimum Gasteiger partial charge on any atom is -0.481 e. The van der Waals surface area contributed by atoms with Gasteiger partial charge in [0.25, 0.3) is 0 Å². The summed E-state index contributed by atoms with van der Waals surface area (Å²) in [6.07, 6.45) is 1.58. The molecule has 0 aliphatic rings. The highest BCUT2D eigenvalue weighted by Crippen LogP contribution is 2.24. The molecule has 0 fully saturated rings. The molecule has 0 atom stereocenters. The van der Waals surface area contributed by atoms with Crippen LogP contribution in [-0.4, -0.2) is 12.1 Å². The Hall–Kier alpha value is -1.69. The predicted molar refractivity (Wildman–Crippen MR) is 72.2 cm³/mol. The van der Waals surface area contributed by atoms with Gasteiger partial charge in [-0.05, 0) is 17.7 Å². The molecule has 0 aliphatic heterocycles. The van der Waals surface area contributed by atoms with Crippen molar-refractivity contribution in [2.45, 2.75) is 6.54 Å². The van der Waals surface area contributed by atoms with Gasteiger partial charge in [-0.2, -0.15) is 0 Å². The van der Waals surface area contributed by atoms with E-state index in [4.69, 9.17) is 4.74 Å². The van der Waals surface area contributed by atoms with E-state index < -0.39 is 11.6 Å². The molecule has 100 valence electrons. The van der Waals surface area contributed by atoms with E-state index in [9.17, 15) is 8.78 Å². The maximum Gasteiger partial charge on any atom is 0.212 e. The van der Waals surface area contributed by atoms with Crippen molar-refractivity contribution in [3.8, 4) is 5.88 Å². The lowest BCUT2D eigenvalue weighted by Crippen LogP contribution is -2.04. The number of anilines is 1. The van der Waals surface area contributed by atoms with Gasteiger partial charge in [-0.15, -0.1) is 0 Å². The van der Waals surface area contributed by atoms with E-state index in [-0.39, 0.29) is 12.2 Å². The highest BCUT2D eigenvalue weighted by atomic mass is 79.9. The molecule has 0 saturated heterocycles. The van der Waals surface area contributed by atoms with Crippen molar-refractivity contribution in [2.75, 3.05) is 12.4 Å². The Morgan fingerprint density at radius 1 is 1.26 bits per heavy atom. The minimum absolute atomic E-state index is 0.154. The Balaban J connectivity index is 2.10. The lowest BCUT2D eigenvalue weighted by Gasteiger charge is -2.09. The summed E-state index contributed by atoms with van der Waals surface area (Å²) in [7, 11) is 1.52. The van der Waals surface area contributed by atoms with Gasteiger partial charge in [0.1, 0.15) is 17.3 Å². The topological polar surface area (TPSA) is 34.1 Å². The summed E-state index contributed by atoms with van der Waals surface area (Å²) in [5, 5.41) is 2.71. The molecular formula is C13H11BrF2N2O. The van der Waals surface area contributed by atoms with Crippen LogP contribution in [0.25, 0.3) is 0 Å². The summed E-state index contributed by atoms with van der Waals surface area (Å²) >= 11 is 3.03. The van der Waals surface area contributed by atoms with Crippen LogP contribution in [0.1, 0.15) is 5.56 Å². The first-order chi connectivity index (χ1) is 9.10. The first-order valence-electron chi connectivity index (χ1n) is 5.47. The van der Waals surface area contributed by atoms with Crippen LogP contribution >= 0.6 is 15.9 Å². The SMILES string of the molecule is COc1ccc(CNc2c(F)cc(Br)cc2F)cn1. The van der Waals surface area contributed by atoms with Gasteiger partial charge in [0.15, 0.2) is 0 Å². The van der Waals surface area contributed by atoms with E-state index in [2.05, 4.69) is 26.2 Å². The summed E-state index contributed by atoms with van der Waals surface area (Å²) in [4.78, 5) is 4.01. The van der Waals surface area contributed by atoms with Crippen molar-refractivity contribution in [1.82, 2.24) is 4.98 Å². The normalized spacial score (nSPS) is 10.3. The molecule has 1 aromatic heterocycles. The molecule has 19 heavy (non-hydrogen) atoms. The fourth-order valence-electron chi connectivity index (χ4n) is 1.54. The van der Waals surface area contributed by atoms with Crippen LogP contribution in [0.15, 0.2) is 34.9 Å². The summed E-state index contributed by atoms with van der Waals surface area (Å²) in [5.41, 5.74) is 0.640. The van der Waals surface area contributed by atoms with Crippen LogP contribution in [0, 0.1) is 11.6 Å². The molecule has 0 aliphatic carbocycles. The molecule has 0 unspecified atom stereocenters. The van der Waals surface area contributed by atoms with E-state index in [1.165, 1.54) is 19.2 Å². The summed E-state index contributed by atoms with van der Waals surface area (Å²) < 4.78 is 32.4. The predicted octanol–water partition coefficient (Wildman–Crippen LogP) is 3.74. The van der Waals surface area contributed by atoms with Gasteiger partial charge in [-0.1, -0.05) is 22.0 Å². The number of halogens is 3.